The largest absolute Gasteiger partial charge is 0.466 e. The molecule has 2 rings (SSSR count). The maximum Gasteiger partial charge on any atom is 0.343 e. The van der Waals surface area contributed by atoms with E-state index in [1.165, 1.54) is 5.56 Å². The summed E-state index contributed by atoms with van der Waals surface area (Å²) in [4.78, 5) is 26.3. The standard InChI is InChI=1S/C31H44O4/c1-9-12-23-13-15-24(16-14-23)29(32)35-28-22(6)19-25(31(7,8)17-10-2)20-26(28)27(18-21(4)5)30(33)34-11-3/h13-16,19-21,27H,9-12,17-18H2,1-8H3. The minimum absolute atomic E-state index is 0.0665. The third-order valence-corrected chi connectivity index (χ3v) is 6.54. The van der Waals surface area contributed by atoms with E-state index in [0.717, 1.165) is 42.4 Å². The third-order valence-electron chi connectivity index (χ3n) is 6.54. The molecular weight excluding hydrogens is 436 g/mol. The van der Waals surface area contributed by atoms with Crippen LogP contribution >= 0.6 is 0 Å². The maximum atomic E-state index is 13.2. The van der Waals surface area contributed by atoms with E-state index in [1.54, 1.807) is 0 Å². The molecule has 0 N–H and O–H groups in total. The van der Waals surface area contributed by atoms with Crippen LogP contribution in [0.15, 0.2) is 36.4 Å². The normalized spacial score (nSPS) is 12.5. The first-order valence-electron chi connectivity index (χ1n) is 13.2. The number of benzene rings is 2. The molecule has 4 nitrogen and oxygen atoms in total. The predicted octanol–water partition coefficient (Wildman–Crippen LogP) is 7.94. The highest BCUT2D eigenvalue weighted by molar-refractivity contribution is 5.92. The topological polar surface area (TPSA) is 52.6 Å². The van der Waals surface area contributed by atoms with Crippen molar-refractivity contribution in [2.45, 2.75) is 98.8 Å². The number of carbonyl (C=O) groups excluding carboxylic acids is 2. The summed E-state index contributed by atoms with van der Waals surface area (Å²) in [6, 6.07) is 11.8. The highest BCUT2D eigenvalue weighted by Crippen LogP contribution is 2.40. The Balaban J connectivity index is 2.59. The molecule has 0 fully saturated rings. The van der Waals surface area contributed by atoms with Crippen LogP contribution in [0.1, 0.15) is 113 Å². The summed E-state index contributed by atoms with van der Waals surface area (Å²) in [5.74, 6) is -0.438. The Morgan fingerprint density at radius 2 is 1.63 bits per heavy atom. The van der Waals surface area contributed by atoms with Crippen LogP contribution in [0.4, 0.5) is 0 Å². The first kappa shape index (κ1) is 28.6. The zero-order valence-corrected chi connectivity index (χ0v) is 23.0. The van der Waals surface area contributed by atoms with Crippen molar-refractivity contribution in [2.75, 3.05) is 6.61 Å². The van der Waals surface area contributed by atoms with Crippen molar-refractivity contribution in [1.29, 1.82) is 0 Å². The fourth-order valence-corrected chi connectivity index (χ4v) is 4.67. The smallest absolute Gasteiger partial charge is 0.343 e. The van der Waals surface area contributed by atoms with Crippen LogP contribution in [0.3, 0.4) is 0 Å². The molecule has 0 aliphatic heterocycles. The maximum absolute atomic E-state index is 13.2. The van der Waals surface area contributed by atoms with Crippen LogP contribution in [0.5, 0.6) is 5.75 Å². The van der Waals surface area contributed by atoms with Crippen LogP contribution in [0.25, 0.3) is 0 Å². The van der Waals surface area contributed by atoms with Gasteiger partial charge in [0, 0.05) is 5.56 Å². The summed E-state index contributed by atoms with van der Waals surface area (Å²) in [5.41, 5.74) is 4.38. The van der Waals surface area contributed by atoms with Gasteiger partial charge in [-0.25, -0.2) is 4.79 Å². The van der Waals surface area contributed by atoms with Gasteiger partial charge in [0.05, 0.1) is 18.1 Å². The van der Waals surface area contributed by atoms with Gasteiger partial charge >= 0.3 is 11.9 Å². The zero-order chi connectivity index (χ0) is 26.2. The molecule has 0 radical (unpaired) electrons. The number of carbonyl (C=O) groups is 2. The number of hydrogen-bond donors (Lipinski definition) is 0. The zero-order valence-electron chi connectivity index (χ0n) is 23.0. The molecule has 0 aromatic heterocycles. The molecule has 2 aromatic carbocycles. The quantitative estimate of drug-likeness (QED) is 0.228. The van der Waals surface area contributed by atoms with Crippen molar-refractivity contribution in [3.63, 3.8) is 0 Å². The third kappa shape index (κ3) is 7.68. The molecule has 4 heteroatoms. The Kier molecular flexibility index (Phi) is 10.5. The van der Waals surface area contributed by atoms with E-state index in [0.29, 0.717) is 24.3 Å². The van der Waals surface area contributed by atoms with Crippen molar-refractivity contribution < 1.29 is 19.1 Å². The molecule has 1 unspecified atom stereocenters. The average molecular weight is 481 g/mol. The summed E-state index contributed by atoms with van der Waals surface area (Å²) in [6.45, 7) is 17.0. The molecule has 2 aromatic rings. The van der Waals surface area contributed by atoms with Crippen LogP contribution in [-0.4, -0.2) is 18.5 Å². The number of esters is 2. The lowest BCUT2D eigenvalue weighted by atomic mass is 9.77. The summed E-state index contributed by atoms with van der Waals surface area (Å²) in [7, 11) is 0. The van der Waals surface area contributed by atoms with Crippen molar-refractivity contribution >= 4 is 11.9 Å². The summed E-state index contributed by atoms with van der Waals surface area (Å²) in [5, 5.41) is 0. The van der Waals surface area contributed by atoms with E-state index in [-0.39, 0.29) is 17.3 Å². The van der Waals surface area contributed by atoms with Gasteiger partial charge in [-0.1, -0.05) is 78.6 Å². The van der Waals surface area contributed by atoms with E-state index in [1.807, 2.05) is 38.1 Å². The predicted molar refractivity (Wildman–Crippen MR) is 143 cm³/mol. The molecular formula is C31H44O4. The minimum Gasteiger partial charge on any atom is -0.466 e. The van der Waals surface area contributed by atoms with Crippen LogP contribution in [0, 0.1) is 12.8 Å². The van der Waals surface area contributed by atoms with Crippen molar-refractivity contribution in [3.05, 3.63) is 64.2 Å². The van der Waals surface area contributed by atoms with E-state index < -0.39 is 11.9 Å². The van der Waals surface area contributed by atoms with Gasteiger partial charge < -0.3 is 9.47 Å². The van der Waals surface area contributed by atoms with Gasteiger partial charge in [0.1, 0.15) is 5.75 Å². The molecule has 0 saturated heterocycles. The Morgan fingerprint density at radius 1 is 0.971 bits per heavy atom. The molecule has 0 spiro atoms. The van der Waals surface area contributed by atoms with Crippen molar-refractivity contribution in [2.24, 2.45) is 5.92 Å². The average Bonchev–Trinajstić information content (AvgIpc) is 2.79. The number of ether oxygens (including phenoxy) is 2. The lowest BCUT2D eigenvalue weighted by Gasteiger charge is -2.29. The monoisotopic (exact) mass is 480 g/mol. The molecule has 0 aliphatic carbocycles. The number of hydrogen-bond acceptors (Lipinski definition) is 4. The first-order valence-corrected chi connectivity index (χ1v) is 13.2. The number of rotatable bonds is 12. The molecule has 0 amide bonds. The fraction of sp³-hybridized carbons (Fsp3) is 0.548. The Hall–Kier alpha value is -2.62. The second kappa shape index (κ2) is 12.9. The minimum atomic E-state index is -0.499. The van der Waals surface area contributed by atoms with Crippen LogP contribution in [-0.2, 0) is 21.4 Å². The van der Waals surface area contributed by atoms with Crippen LogP contribution in [0.2, 0.25) is 0 Å². The molecule has 1 atom stereocenters. The highest BCUT2D eigenvalue weighted by atomic mass is 16.5. The Morgan fingerprint density at radius 3 is 2.17 bits per heavy atom. The lowest BCUT2D eigenvalue weighted by Crippen LogP contribution is -2.23. The van der Waals surface area contributed by atoms with Gasteiger partial charge in [0.2, 0.25) is 0 Å². The van der Waals surface area contributed by atoms with Crippen LogP contribution < -0.4 is 4.74 Å². The molecule has 192 valence electrons. The van der Waals surface area contributed by atoms with E-state index in [9.17, 15) is 9.59 Å². The van der Waals surface area contributed by atoms with E-state index in [2.05, 4.69) is 53.7 Å². The van der Waals surface area contributed by atoms with E-state index >= 15 is 0 Å². The number of aryl methyl sites for hydroxylation is 2. The Labute approximate surface area is 212 Å². The Bertz CT molecular complexity index is 986. The van der Waals surface area contributed by atoms with Gasteiger partial charge in [0.15, 0.2) is 0 Å². The molecule has 35 heavy (non-hydrogen) atoms. The molecule has 0 heterocycles. The molecule has 0 saturated carbocycles. The summed E-state index contributed by atoms with van der Waals surface area (Å²) >= 11 is 0. The second-order valence-electron chi connectivity index (χ2n) is 10.6. The highest BCUT2D eigenvalue weighted by Gasteiger charge is 2.31. The van der Waals surface area contributed by atoms with Crippen molar-refractivity contribution in [1.82, 2.24) is 0 Å². The van der Waals surface area contributed by atoms with Gasteiger partial charge in [-0.15, -0.1) is 0 Å². The first-order chi connectivity index (χ1) is 16.5. The lowest BCUT2D eigenvalue weighted by molar-refractivity contribution is -0.145. The molecule has 0 aliphatic rings. The van der Waals surface area contributed by atoms with Gasteiger partial charge in [0.25, 0.3) is 0 Å². The molecule has 0 bridgehead atoms. The van der Waals surface area contributed by atoms with Gasteiger partial charge in [-0.05, 0) is 73.3 Å². The summed E-state index contributed by atoms with van der Waals surface area (Å²) in [6.07, 6.45) is 4.72. The van der Waals surface area contributed by atoms with Gasteiger partial charge in [-0.2, -0.15) is 0 Å². The SMILES string of the molecule is CCCc1ccc(C(=O)Oc2c(C)cc(C(C)(C)CCC)cc2C(CC(C)C)C(=O)OCC)cc1. The van der Waals surface area contributed by atoms with E-state index in [4.69, 9.17) is 9.47 Å². The summed E-state index contributed by atoms with van der Waals surface area (Å²) < 4.78 is 11.5. The second-order valence-corrected chi connectivity index (χ2v) is 10.6. The van der Waals surface area contributed by atoms with Crippen molar-refractivity contribution in [3.8, 4) is 5.75 Å². The fourth-order valence-electron chi connectivity index (χ4n) is 4.67. The van der Waals surface area contributed by atoms with Gasteiger partial charge in [-0.3, -0.25) is 4.79 Å².